The highest BCUT2D eigenvalue weighted by Gasteiger charge is 2.19. The summed E-state index contributed by atoms with van der Waals surface area (Å²) in [6.45, 7) is 13.9. The van der Waals surface area contributed by atoms with Gasteiger partial charge in [0, 0.05) is 43.7 Å². The van der Waals surface area contributed by atoms with Gasteiger partial charge >= 0.3 is 0 Å². The summed E-state index contributed by atoms with van der Waals surface area (Å²) in [4.78, 5) is 7.26. The van der Waals surface area contributed by atoms with Crippen LogP contribution in [0, 0.1) is 0 Å². The van der Waals surface area contributed by atoms with Crippen LogP contribution in [0.1, 0.15) is 25.8 Å². The van der Waals surface area contributed by atoms with Gasteiger partial charge in [0.2, 0.25) is 0 Å². The van der Waals surface area contributed by atoms with E-state index in [9.17, 15) is 0 Å². The van der Waals surface area contributed by atoms with Crippen LogP contribution in [-0.4, -0.2) is 72.2 Å². The minimum atomic E-state index is 0.917. The Morgan fingerprint density at radius 3 is 2.48 bits per heavy atom. The lowest BCUT2D eigenvalue weighted by Crippen LogP contribution is -2.51. The van der Waals surface area contributed by atoms with E-state index in [1.165, 1.54) is 10.0 Å². The van der Waals surface area contributed by atoms with Crippen LogP contribution in [-0.2, 0) is 6.54 Å². The number of thiocarbonyl (C=S) groups is 1. The summed E-state index contributed by atoms with van der Waals surface area (Å²) in [5, 5.41) is 4.35. The van der Waals surface area contributed by atoms with E-state index in [1.807, 2.05) is 0 Å². The Balaban J connectivity index is 1.65. The molecule has 140 valence electrons. The van der Waals surface area contributed by atoms with E-state index in [1.54, 1.807) is 0 Å². The molecule has 0 radical (unpaired) electrons. The Morgan fingerprint density at radius 2 is 1.84 bits per heavy atom. The molecule has 6 heteroatoms. The minimum Gasteiger partial charge on any atom is -0.363 e. The van der Waals surface area contributed by atoms with E-state index in [4.69, 9.17) is 12.2 Å². The third-order valence-corrected chi connectivity index (χ3v) is 6.01. The van der Waals surface area contributed by atoms with Crippen LogP contribution in [0.15, 0.2) is 28.7 Å². The molecule has 0 unspecified atom stereocenters. The molecule has 0 bridgehead atoms. The van der Waals surface area contributed by atoms with Crippen LogP contribution in [0.3, 0.4) is 0 Å². The van der Waals surface area contributed by atoms with Crippen molar-refractivity contribution in [3.05, 3.63) is 34.3 Å². The molecule has 2 rings (SSSR count). The molecule has 0 aliphatic carbocycles. The lowest BCUT2D eigenvalue weighted by molar-refractivity contribution is 0.174. The predicted molar refractivity (Wildman–Crippen MR) is 114 cm³/mol. The van der Waals surface area contributed by atoms with Crippen LogP contribution in [0.2, 0.25) is 0 Å². The largest absolute Gasteiger partial charge is 0.363 e. The SMILES string of the molecule is CCN(CC)CCCNC(=S)N1CCN(Cc2ccccc2Br)CC1. The number of hydrogen-bond donors (Lipinski definition) is 1. The Kier molecular flexibility index (Phi) is 9.17. The normalized spacial score (nSPS) is 15.6. The van der Waals surface area contributed by atoms with Gasteiger partial charge in [0.05, 0.1) is 0 Å². The lowest BCUT2D eigenvalue weighted by atomic mass is 10.2. The van der Waals surface area contributed by atoms with Crippen molar-refractivity contribution in [2.75, 3.05) is 52.4 Å². The molecule has 1 heterocycles. The van der Waals surface area contributed by atoms with E-state index in [-0.39, 0.29) is 0 Å². The molecule has 1 fully saturated rings. The summed E-state index contributed by atoms with van der Waals surface area (Å²) >= 11 is 9.22. The second-order valence-corrected chi connectivity index (χ2v) is 7.71. The first-order valence-corrected chi connectivity index (χ1v) is 10.5. The molecular formula is C19H31BrN4S. The van der Waals surface area contributed by atoms with Crippen molar-refractivity contribution in [3.8, 4) is 0 Å². The maximum Gasteiger partial charge on any atom is 0.169 e. The monoisotopic (exact) mass is 426 g/mol. The van der Waals surface area contributed by atoms with E-state index in [0.717, 1.165) is 70.4 Å². The van der Waals surface area contributed by atoms with E-state index < -0.39 is 0 Å². The van der Waals surface area contributed by atoms with Gasteiger partial charge in [-0.3, -0.25) is 4.90 Å². The smallest absolute Gasteiger partial charge is 0.169 e. The first kappa shape index (κ1) is 20.6. The number of benzene rings is 1. The summed E-state index contributed by atoms with van der Waals surface area (Å²) in [7, 11) is 0. The number of halogens is 1. The van der Waals surface area contributed by atoms with Gasteiger partial charge in [-0.1, -0.05) is 48.0 Å². The van der Waals surface area contributed by atoms with E-state index in [2.05, 4.69) is 74.1 Å². The van der Waals surface area contributed by atoms with Crippen molar-refractivity contribution in [2.45, 2.75) is 26.8 Å². The molecular weight excluding hydrogens is 396 g/mol. The first-order chi connectivity index (χ1) is 12.1. The Labute approximate surface area is 166 Å². The van der Waals surface area contributed by atoms with Gasteiger partial charge in [-0.15, -0.1) is 0 Å². The van der Waals surface area contributed by atoms with Crippen LogP contribution in [0.4, 0.5) is 0 Å². The van der Waals surface area contributed by atoms with Gasteiger partial charge in [-0.25, -0.2) is 0 Å². The summed E-state index contributed by atoms with van der Waals surface area (Å²) in [6.07, 6.45) is 1.14. The fraction of sp³-hybridized carbons (Fsp3) is 0.632. The molecule has 0 saturated carbocycles. The molecule has 1 aromatic rings. The summed E-state index contributed by atoms with van der Waals surface area (Å²) < 4.78 is 1.20. The third kappa shape index (κ3) is 6.85. The van der Waals surface area contributed by atoms with Gasteiger partial charge in [-0.2, -0.15) is 0 Å². The third-order valence-electron chi connectivity index (χ3n) is 4.83. The maximum atomic E-state index is 5.57. The zero-order chi connectivity index (χ0) is 18.1. The molecule has 1 N–H and O–H groups in total. The zero-order valence-corrected chi connectivity index (χ0v) is 17.9. The number of rotatable bonds is 8. The summed E-state index contributed by atoms with van der Waals surface area (Å²) in [6, 6.07) is 8.48. The van der Waals surface area contributed by atoms with Crippen molar-refractivity contribution < 1.29 is 0 Å². The number of piperazine rings is 1. The molecule has 1 saturated heterocycles. The van der Waals surface area contributed by atoms with Crippen molar-refractivity contribution in [1.29, 1.82) is 0 Å². The highest BCUT2D eigenvalue weighted by atomic mass is 79.9. The first-order valence-electron chi connectivity index (χ1n) is 9.35. The van der Waals surface area contributed by atoms with Gasteiger partial charge in [0.1, 0.15) is 0 Å². The highest BCUT2D eigenvalue weighted by Crippen LogP contribution is 2.18. The van der Waals surface area contributed by atoms with Crippen LogP contribution in [0.25, 0.3) is 0 Å². The van der Waals surface area contributed by atoms with Crippen molar-refractivity contribution in [1.82, 2.24) is 20.0 Å². The second kappa shape index (κ2) is 11.1. The molecule has 0 atom stereocenters. The van der Waals surface area contributed by atoms with Crippen molar-refractivity contribution >= 4 is 33.3 Å². The maximum absolute atomic E-state index is 5.57. The van der Waals surface area contributed by atoms with Crippen LogP contribution < -0.4 is 5.32 Å². The standard InChI is InChI=1S/C19H31BrN4S/c1-3-22(4-2)11-7-10-21-19(25)24-14-12-23(13-15-24)16-17-8-5-6-9-18(17)20/h5-6,8-9H,3-4,7,10-16H2,1-2H3,(H,21,25). The molecule has 1 aliphatic heterocycles. The minimum absolute atomic E-state index is 0.917. The lowest BCUT2D eigenvalue weighted by Gasteiger charge is -2.36. The van der Waals surface area contributed by atoms with Gasteiger partial charge in [0.25, 0.3) is 0 Å². The van der Waals surface area contributed by atoms with E-state index >= 15 is 0 Å². The number of hydrogen-bond acceptors (Lipinski definition) is 3. The number of nitrogens with one attached hydrogen (secondary N) is 1. The Morgan fingerprint density at radius 1 is 1.16 bits per heavy atom. The highest BCUT2D eigenvalue weighted by molar-refractivity contribution is 9.10. The molecule has 0 spiro atoms. The van der Waals surface area contributed by atoms with Gasteiger partial charge in [0.15, 0.2) is 5.11 Å². The predicted octanol–water partition coefficient (Wildman–Crippen LogP) is 3.17. The molecule has 1 aromatic carbocycles. The fourth-order valence-electron chi connectivity index (χ4n) is 3.13. The summed E-state index contributed by atoms with van der Waals surface area (Å²) in [5.74, 6) is 0. The quantitative estimate of drug-likeness (QED) is 0.507. The van der Waals surface area contributed by atoms with Crippen molar-refractivity contribution in [2.24, 2.45) is 0 Å². The van der Waals surface area contributed by atoms with Gasteiger partial charge in [-0.05, 0) is 49.9 Å². The Bertz CT molecular complexity index is 528. The summed E-state index contributed by atoms with van der Waals surface area (Å²) in [5.41, 5.74) is 1.35. The van der Waals surface area contributed by atoms with Gasteiger partial charge < -0.3 is 15.1 Å². The Hall–Kier alpha value is -0.690. The molecule has 4 nitrogen and oxygen atoms in total. The van der Waals surface area contributed by atoms with Crippen LogP contribution >= 0.6 is 28.1 Å². The van der Waals surface area contributed by atoms with Crippen LogP contribution in [0.5, 0.6) is 0 Å². The average Bonchev–Trinajstić information content (AvgIpc) is 2.64. The van der Waals surface area contributed by atoms with Crippen molar-refractivity contribution in [3.63, 3.8) is 0 Å². The zero-order valence-electron chi connectivity index (χ0n) is 15.5. The molecule has 0 aromatic heterocycles. The molecule has 25 heavy (non-hydrogen) atoms. The van der Waals surface area contributed by atoms with E-state index in [0.29, 0.717) is 0 Å². The second-order valence-electron chi connectivity index (χ2n) is 6.47. The molecule has 1 aliphatic rings. The average molecular weight is 427 g/mol. The fourth-order valence-corrected chi connectivity index (χ4v) is 3.82. The number of nitrogens with zero attached hydrogens (tertiary/aromatic N) is 3. The topological polar surface area (TPSA) is 21.8 Å². The molecule has 0 amide bonds.